The highest BCUT2D eigenvalue weighted by atomic mass is 19.4. The molecule has 0 radical (unpaired) electrons. The molecule has 2 heterocycles. The summed E-state index contributed by atoms with van der Waals surface area (Å²) in [6, 6.07) is 3.22. The molecule has 0 unspecified atom stereocenters. The molecule has 0 fully saturated rings. The highest BCUT2D eigenvalue weighted by molar-refractivity contribution is 5.85. The zero-order valence-electron chi connectivity index (χ0n) is 18.6. The normalized spacial score (nSPS) is 11.9. The Morgan fingerprint density at radius 2 is 1.88 bits per heavy atom. The third kappa shape index (κ3) is 5.43. The van der Waals surface area contributed by atoms with Crippen LogP contribution in [0.1, 0.15) is 50.7 Å². The third-order valence-corrected chi connectivity index (χ3v) is 5.43. The minimum Gasteiger partial charge on any atom is -0.493 e. The van der Waals surface area contributed by atoms with E-state index in [9.17, 15) is 27.9 Å². The molecule has 3 rings (SSSR count). The van der Waals surface area contributed by atoms with Gasteiger partial charge >= 0.3 is 17.5 Å². The van der Waals surface area contributed by atoms with Crippen LogP contribution in [-0.4, -0.2) is 20.8 Å². The van der Waals surface area contributed by atoms with Crippen LogP contribution in [0.3, 0.4) is 0 Å². The average Bonchev–Trinajstić information content (AvgIpc) is 3.03. The fourth-order valence-electron chi connectivity index (χ4n) is 3.81. The topological polar surface area (TPSA) is 86.6 Å². The van der Waals surface area contributed by atoms with Gasteiger partial charge in [0, 0.05) is 30.1 Å². The number of fused-ring (bicyclic) bond motifs is 1. The first-order chi connectivity index (χ1) is 15.7. The number of aryl methyl sites for hydroxylation is 2. The first-order valence-electron chi connectivity index (χ1n) is 11.0. The SMILES string of the molecule is CCCc1c(OCCCCCn2c(O)cn(CC)c2=O)ccc2c(C(F)(F)F)cc(=O)oc12. The maximum absolute atomic E-state index is 13.4. The Morgan fingerprint density at radius 3 is 2.52 bits per heavy atom. The quantitative estimate of drug-likeness (QED) is 0.344. The second-order valence-electron chi connectivity index (χ2n) is 7.76. The number of halogens is 3. The lowest BCUT2D eigenvalue weighted by atomic mass is 10.0. The van der Waals surface area contributed by atoms with Gasteiger partial charge < -0.3 is 14.3 Å². The molecule has 10 heteroatoms. The van der Waals surface area contributed by atoms with Crippen LogP contribution < -0.4 is 16.1 Å². The summed E-state index contributed by atoms with van der Waals surface area (Å²) in [5.41, 5.74) is -1.99. The van der Waals surface area contributed by atoms with Crippen LogP contribution in [0.2, 0.25) is 0 Å². The molecule has 0 saturated carbocycles. The number of nitrogens with zero attached hydrogens (tertiary/aromatic N) is 2. The van der Waals surface area contributed by atoms with Gasteiger partial charge in [-0.15, -0.1) is 0 Å². The summed E-state index contributed by atoms with van der Waals surface area (Å²) in [7, 11) is 0. The minimum absolute atomic E-state index is 0.0711. The predicted molar refractivity (Wildman–Crippen MR) is 117 cm³/mol. The van der Waals surface area contributed by atoms with E-state index in [-0.39, 0.29) is 22.5 Å². The van der Waals surface area contributed by atoms with Crippen molar-refractivity contribution in [3.8, 4) is 11.6 Å². The molecular weight excluding hydrogens is 441 g/mol. The molecule has 1 N–H and O–H groups in total. The standard InChI is InChI=1S/C23H27F3N2O5/c1-3-8-16-18(10-9-15-17(23(24,25)26)13-20(30)33-21(15)16)32-12-7-5-6-11-28-19(29)14-27(4-2)22(28)31/h9-10,13-14,29H,3-8,11-12H2,1-2H3. The molecule has 180 valence electrons. The van der Waals surface area contributed by atoms with Gasteiger partial charge in [-0.25, -0.2) is 9.59 Å². The van der Waals surface area contributed by atoms with Crippen molar-refractivity contribution in [3.05, 3.63) is 56.4 Å². The summed E-state index contributed by atoms with van der Waals surface area (Å²) in [5.74, 6) is 0.318. The van der Waals surface area contributed by atoms with Crippen LogP contribution in [0.5, 0.6) is 11.6 Å². The molecule has 0 bridgehead atoms. The van der Waals surface area contributed by atoms with E-state index in [1.165, 1.54) is 27.5 Å². The van der Waals surface area contributed by atoms with Crippen molar-refractivity contribution in [2.24, 2.45) is 0 Å². The summed E-state index contributed by atoms with van der Waals surface area (Å²) < 4.78 is 53.9. The monoisotopic (exact) mass is 468 g/mol. The number of aromatic hydroxyl groups is 1. The van der Waals surface area contributed by atoms with Crippen molar-refractivity contribution in [1.29, 1.82) is 0 Å². The minimum atomic E-state index is -4.67. The average molecular weight is 468 g/mol. The molecule has 33 heavy (non-hydrogen) atoms. The number of hydrogen-bond acceptors (Lipinski definition) is 5. The maximum atomic E-state index is 13.4. The van der Waals surface area contributed by atoms with Crippen molar-refractivity contribution in [1.82, 2.24) is 9.13 Å². The highest BCUT2D eigenvalue weighted by Gasteiger charge is 2.34. The molecule has 1 aromatic carbocycles. The summed E-state index contributed by atoms with van der Waals surface area (Å²) in [4.78, 5) is 23.9. The van der Waals surface area contributed by atoms with Crippen molar-refractivity contribution >= 4 is 11.0 Å². The number of benzene rings is 1. The lowest BCUT2D eigenvalue weighted by Gasteiger charge is -2.15. The van der Waals surface area contributed by atoms with Gasteiger partial charge in [-0.2, -0.15) is 13.2 Å². The van der Waals surface area contributed by atoms with Gasteiger partial charge in [0.15, 0.2) is 0 Å². The summed E-state index contributed by atoms with van der Waals surface area (Å²) in [6.07, 6.45) is -0.239. The lowest BCUT2D eigenvalue weighted by molar-refractivity contribution is -0.136. The third-order valence-electron chi connectivity index (χ3n) is 5.43. The lowest BCUT2D eigenvalue weighted by Crippen LogP contribution is -2.23. The van der Waals surface area contributed by atoms with Crippen molar-refractivity contribution in [3.63, 3.8) is 0 Å². The van der Waals surface area contributed by atoms with E-state index in [1.54, 1.807) is 0 Å². The molecule has 2 aromatic heterocycles. The van der Waals surface area contributed by atoms with Crippen LogP contribution in [0.4, 0.5) is 13.2 Å². The van der Waals surface area contributed by atoms with Crippen LogP contribution in [-0.2, 0) is 25.7 Å². The number of ether oxygens (including phenoxy) is 1. The van der Waals surface area contributed by atoms with Gasteiger partial charge in [-0.3, -0.25) is 9.13 Å². The Kier molecular flexibility index (Phi) is 7.55. The van der Waals surface area contributed by atoms with Crippen molar-refractivity contribution < 1.29 is 27.4 Å². The van der Waals surface area contributed by atoms with E-state index in [2.05, 4.69) is 0 Å². The fraction of sp³-hybridized carbons (Fsp3) is 0.478. The molecule has 0 aliphatic rings. The number of unbranched alkanes of at least 4 members (excludes halogenated alkanes) is 2. The fourth-order valence-corrected chi connectivity index (χ4v) is 3.81. The number of rotatable bonds is 10. The van der Waals surface area contributed by atoms with Crippen molar-refractivity contribution in [2.75, 3.05) is 6.61 Å². The van der Waals surface area contributed by atoms with Gasteiger partial charge in [0.05, 0.1) is 18.4 Å². The van der Waals surface area contributed by atoms with Gasteiger partial charge in [-0.1, -0.05) is 13.3 Å². The molecular formula is C23H27F3N2O5. The van der Waals surface area contributed by atoms with E-state index in [1.807, 2.05) is 13.8 Å². The Morgan fingerprint density at radius 1 is 1.12 bits per heavy atom. The smallest absolute Gasteiger partial charge is 0.417 e. The molecule has 0 aliphatic heterocycles. The Labute approximate surface area is 188 Å². The second-order valence-corrected chi connectivity index (χ2v) is 7.76. The molecule has 3 aromatic rings. The number of aromatic nitrogens is 2. The van der Waals surface area contributed by atoms with Crippen molar-refractivity contribution in [2.45, 2.75) is 65.2 Å². The molecule has 0 spiro atoms. The summed E-state index contributed by atoms with van der Waals surface area (Å²) in [5, 5.41) is 9.70. The molecule has 0 amide bonds. The molecule has 0 aliphatic carbocycles. The van der Waals surface area contributed by atoms with Crippen LogP contribution >= 0.6 is 0 Å². The molecule has 0 atom stereocenters. The zero-order chi connectivity index (χ0) is 24.2. The van der Waals surface area contributed by atoms with Crippen LogP contribution in [0.25, 0.3) is 11.0 Å². The van der Waals surface area contributed by atoms with Crippen LogP contribution in [0.15, 0.2) is 38.4 Å². The number of alkyl halides is 3. The van der Waals surface area contributed by atoms with E-state index in [0.29, 0.717) is 69.2 Å². The molecule has 0 saturated heterocycles. The number of hydrogen-bond donors (Lipinski definition) is 1. The van der Waals surface area contributed by atoms with E-state index in [4.69, 9.17) is 9.15 Å². The number of imidazole rings is 1. The highest BCUT2D eigenvalue weighted by Crippen LogP contribution is 2.37. The predicted octanol–water partition coefficient (Wildman–Crippen LogP) is 4.70. The Balaban J connectivity index is 1.68. The van der Waals surface area contributed by atoms with E-state index < -0.39 is 17.4 Å². The van der Waals surface area contributed by atoms with Gasteiger partial charge in [0.2, 0.25) is 5.88 Å². The maximum Gasteiger partial charge on any atom is 0.417 e. The van der Waals surface area contributed by atoms with E-state index in [0.717, 1.165) is 0 Å². The Bertz CT molecular complexity index is 1220. The first-order valence-corrected chi connectivity index (χ1v) is 11.0. The van der Waals surface area contributed by atoms with Gasteiger partial charge in [0.25, 0.3) is 0 Å². The van der Waals surface area contributed by atoms with Gasteiger partial charge in [-0.05, 0) is 44.7 Å². The summed E-state index contributed by atoms with van der Waals surface area (Å²) in [6.45, 7) is 4.85. The molecule has 7 nitrogen and oxygen atoms in total. The first kappa shape index (κ1) is 24.5. The largest absolute Gasteiger partial charge is 0.493 e. The van der Waals surface area contributed by atoms with Gasteiger partial charge in [0.1, 0.15) is 11.3 Å². The van der Waals surface area contributed by atoms with Crippen LogP contribution in [0, 0.1) is 0 Å². The van der Waals surface area contributed by atoms with E-state index >= 15 is 0 Å². The Hall–Kier alpha value is -3.17. The summed E-state index contributed by atoms with van der Waals surface area (Å²) >= 11 is 0. The zero-order valence-corrected chi connectivity index (χ0v) is 18.6. The second kappa shape index (κ2) is 10.2.